The fraction of sp³-hybridized carbons (Fsp3) is 0.200. The van der Waals surface area contributed by atoms with Crippen molar-refractivity contribution in [3.63, 3.8) is 0 Å². The normalized spacial score (nSPS) is 13.5. The van der Waals surface area contributed by atoms with E-state index in [1.165, 1.54) is 32.3 Å². The summed E-state index contributed by atoms with van der Waals surface area (Å²) >= 11 is 6.16. The number of hydrogen-bond donors (Lipinski definition) is 1. The fourth-order valence-electron chi connectivity index (χ4n) is 5.66. The van der Waals surface area contributed by atoms with Crippen LogP contribution in [0, 0.1) is 0 Å². The summed E-state index contributed by atoms with van der Waals surface area (Å²) in [7, 11) is 4.33. The number of nitrogens with one attached hydrogen (secondary N) is 1. The van der Waals surface area contributed by atoms with Gasteiger partial charge in [-0.2, -0.15) is 0 Å². The van der Waals surface area contributed by atoms with Gasteiger partial charge in [0.15, 0.2) is 23.0 Å². The molecule has 0 fully saturated rings. The summed E-state index contributed by atoms with van der Waals surface area (Å²) in [6, 6.07) is 20.0. The molecule has 3 amide bonds. The summed E-state index contributed by atoms with van der Waals surface area (Å²) in [4.78, 5) is 57.3. The third kappa shape index (κ3) is 6.17. The smallest absolute Gasteiger partial charge is 0.299 e. The van der Waals surface area contributed by atoms with E-state index in [0.717, 1.165) is 4.90 Å². The maximum Gasteiger partial charge on any atom is 0.299 e. The van der Waals surface area contributed by atoms with Crippen molar-refractivity contribution in [1.82, 2.24) is 4.90 Å². The zero-order chi connectivity index (χ0) is 33.9. The highest BCUT2D eigenvalue weighted by atomic mass is 35.5. The van der Waals surface area contributed by atoms with Gasteiger partial charge in [-0.1, -0.05) is 35.9 Å². The number of carbonyl (C=O) groups excluding carboxylic acids is 4. The van der Waals surface area contributed by atoms with Crippen LogP contribution in [0.2, 0.25) is 5.02 Å². The van der Waals surface area contributed by atoms with Gasteiger partial charge in [-0.05, 0) is 59.7 Å². The molecule has 48 heavy (non-hydrogen) atoms. The minimum absolute atomic E-state index is 0.0466. The topological polar surface area (TPSA) is 133 Å². The molecule has 0 bridgehead atoms. The van der Waals surface area contributed by atoms with Gasteiger partial charge in [0.25, 0.3) is 17.6 Å². The van der Waals surface area contributed by atoms with Gasteiger partial charge in [-0.3, -0.25) is 24.1 Å². The number of para-hydroxylation sites is 1. The van der Waals surface area contributed by atoms with Crippen molar-refractivity contribution in [2.24, 2.45) is 0 Å². The molecule has 2 heterocycles. The Labute approximate surface area is 280 Å². The zero-order valence-corrected chi connectivity index (χ0v) is 26.9. The number of fused-ring (bicyclic) bond motifs is 2. The van der Waals surface area contributed by atoms with Gasteiger partial charge in [-0.25, -0.2) is 0 Å². The van der Waals surface area contributed by atoms with Gasteiger partial charge >= 0.3 is 0 Å². The van der Waals surface area contributed by atoms with Gasteiger partial charge in [0.1, 0.15) is 12.6 Å². The van der Waals surface area contributed by atoms with E-state index < -0.39 is 36.1 Å². The summed E-state index contributed by atoms with van der Waals surface area (Å²) in [6.07, 6.45) is 0. The number of Topliss-reactive ketones (excluding diaryl/α,β-unsaturated/α-hetero) is 1. The minimum Gasteiger partial charge on any atom is -0.493 e. The summed E-state index contributed by atoms with van der Waals surface area (Å²) in [5.74, 6) is -1.03. The van der Waals surface area contributed by atoms with Crippen LogP contribution in [0.25, 0.3) is 0 Å². The van der Waals surface area contributed by atoms with Crippen LogP contribution < -0.4 is 33.9 Å². The van der Waals surface area contributed by atoms with Crippen LogP contribution in [0.5, 0.6) is 28.7 Å². The van der Waals surface area contributed by atoms with E-state index >= 15 is 0 Å². The van der Waals surface area contributed by atoms with Crippen LogP contribution >= 0.6 is 11.6 Å². The lowest BCUT2D eigenvalue weighted by atomic mass is 10.0. The van der Waals surface area contributed by atoms with Crippen molar-refractivity contribution in [3.05, 3.63) is 101 Å². The second-order valence-corrected chi connectivity index (χ2v) is 11.2. The SMILES string of the molecule is COc1cc(C(C(=O)Nc2ccc3c(c2)OCO3)N(Cc2ccc(Cl)cc2)C(=O)CN2C(=O)C(=O)c3ccccc32)cc(OC)c1OC. The Kier molecular flexibility index (Phi) is 9.08. The predicted molar refractivity (Wildman–Crippen MR) is 175 cm³/mol. The lowest BCUT2D eigenvalue weighted by Crippen LogP contribution is -2.46. The van der Waals surface area contributed by atoms with E-state index in [1.54, 1.807) is 72.8 Å². The molecule has 2 aliphatic heterocycles. The van der Waals surface area contributed by atoms with Gasteiger partial charge in [0, 0.05) is 23.3 Å². The standard InChI is InChI=1S/C35H30ClN3O9/c1-44-28-14-21(15-29(45-2)33(28)46-3)31(34(42)37-23-12-13-26-27(16-23)48-19-47-26)39(17-20-8-10-22(36)11-9-20)30(40)18-38-25-7-5-4-6-24(25)32(41)35(38)43/h4-16,31H,17-19H2,1-3H3,(H,37,42). The van der Waals surface area contributed by atoms with Gasteiger partial charge in [-0.15, -0.1) is 0 Å². The summed E-state index contributed by atoms with van der Waals surface area (Å²) in [5.41, 5.74) is 1.84. The van der Waals surface area contributed by atoms with Crippen LogP contribution in [0.15, 0.2) is 78.9 Å². The molecule has 1 atom stereocenters. The van der Waals surface area contributed by atoms with E-state index in [-0.39, 0.29) is 36.1 Å². The zero-order valence-electron chi connectivity index (χ0n) is 26.2. The van der Waals surface area contributed by atoms with Crippen LogP contribution in [-0.4, -0.2) is 63.1 Å². The van der Waals surface area contributed by atoms with Crippen molar-refractivity contribution in [1.29, 1.82) is 0 Å². The molecular formula is C35H30ClN3O9. The lowest BCUT2D eigenvalue weighted by Gasteiger charge is -2.33. The van der Waals surface area contributed by atoms with Crippen molar-refractivity contribution in [2.45, 2.75) is 12.6 Å². The number of benzene rings is 4. The monoisotopic (exact) mass is 671 g/mol. The molecule has 0 saturated heterocycles. The van der Waals surface area contributed by atoms with E-state index in [0.29, 0.717) is 39.0 Å². The summed E-state index contributed by atoms with van der Waals surface area (Å²) in [5, 5.41) is 3.37. The number of methoxy groups -OCH3 is 3. The molecule has 0 spiro atoms. The summed E-state index contributed by atoms with van der Waals surface area (Å²) in [6.45, 7) is -0.554. The van der Waals surface area contributed by atoms with Gasteiger partial charge < -0.3 is 33.9 Å². The van der Waals surface area contributed by atoms with Crippen LogP contribution in [0.4, 0.5) is 11.4 Å². The van der Waals surface area contributed by atoms with Crippen molar-refractivity contribution >= 4 is 46.5 Å². The molecule has 4 aromatic rings. The minimum atomic E-state index is -1.32. The maximum atomic E-state index is 14.5. The average molecular weight is 672 g/mol. The van der Waals surface area contributed by atoms with E-state index in [9.17, 15) is 19.2 Å². The molecule has 4 aromatic carbocycles. The highest BCUT2D eigenvalue weighted by Gasteiger charge is 2.40. The number of hydrogen-bond acceptors (Lipinski definition) is 9. The lowest BCUT2D eigenvalue weighted by molar-refractivity contribution is -0.139. The van der Waals surface area contributed by atoms with Crippen molar-refractivity contribution in [3.8, 4) is 28.7 Å². The number of nitrogens with zero attached hydrogens (tertiary/aromatic N) is 2. The van der Waals surface area contributed by atoms with E-state index in [4.69, 9.17) is 35.3 Å². The molecule has 0 saturated carbocycles. The van der Waals surface area contributed by atoms with Crippen LogP contribution in [0.1, 0.15) is 27.5 Å². The number of anilines is 2. The first kappa shape index (κ1) is 32.2. The molecule has 6 rings (SSSR count). The quantitative estimate of drug-likeness (QED) is 0.218. The van der Waals surface area contributed by atoms with Crippen molar-refractivity contribution < 1.29 is 42.9 Å². The average Bonchev–Trinajstić information content (AvgIpc) is 3.66. The Morgan fingerprint density at radius 3 is 2.27 bits per heavy atom. The maximum absolute atomic E-state index is 14.5. The molecule has 0 aromatic heterocycles. The first-order valence-electron chi connectivity index (χ1n) is 14.7. The second-order valence-electron chi connectivity index (χ2n) is 10.8. The highest BCUT2D eigenvalue weighted by molar-refractivity contribution is 6.52. The highest BCUT2D eigenvalue weighted by Crippen LogP contribution is 2.42. The Hall–Kier alpha value is -5.75. The number of carbonyl (C=O) groups is 4. The molecule has 246 valence electrons. The molecule has 1 unspecified atom stereocenters. The summed E-state index contributed by atoms with van der Waals surface area (Å²) < 4.78 is 27.6. The molecule has 1 N–H and O–H groups in total. The Balaban J connectivity index is 1.46. The van der Waals surface area contributed by atoms with E-state index in [2.05, 4.69) is 5.32 Å². The predicted octanol–water partition coefficient (Wildman–Crippen LogP) is 5.03. The number of ketones is 1. The third-order valence-corrected chi connectivity index (χ3v) is 8.21. The fourth-order valence-corrected chi connectivity index (χ4v) is 5.78. The Morgan fingerprint density at radius 1 is 0.896 bits per heavy atom. The number of ether oxygens (including phenoxy) is 5. The molecular weight excluding hydrogens is 642 g/mol. The molecule has 13 heteroatoms. The largest absolute Gasteiger partial charge is 0.493 e. The van der Waals surface area contributed by atoms with Crippen LogP contribution in [0.3, 0.4) is 0 Å². The van der Waals surface area contributed by atoms with Crippen LogP contribution in [-0.2, 0) is 20.9 Å². The van der Waals surface area contributed by atoms with Gasteiger partial charge in [0.2, 0.25) is 18.4 Å². The molecule has 2 aliphatic rings. The van der Waals surface area contributed by atoms with Crippen molar-refractivity contribution in [2.75, 3.05) is 44.9 Å². The Morgan fingerprint density at radius 2 is 1.58 bits per heavy atom. The Bertz CT molecular complexity index is 1890. The first-order chi connectivity index (χ1) is 23.2. The number of halogens is 1. The van der Waals surface area contributed by atoms with Gasteiger partial charge in [0.05, 0.1) is 32.6 Å². The first-order valence-corrected chi connectivity index (χ1v) is 15.1. The number of amides is 3. The number of rotatable bonds is 11. The third-order valence-electron chi connectivity index (χ3n) is 7.96. The molecule has 0 aliphatic carbocycles. The van der Waals surface area contributed by atoms with E-state index in [1.807, 2.05) is 0 Å². The molecule has 0 radical (unpaired) electrons. The second kappa shape index (κ2) is 13.5. The molecule has 12 nitrogen and oxygen atoms in total.